The highest BCUT2D eigenvalue weighted by Crippen LogP contribution is 2.26. The molecule has 0 radical (unpaired) electrons. The molecule has 0 fully saturated rings. The van der Waals surface area contributed by atoms with Gasteiger partial charge < -0.3 is 14.8 Å². The molecule has 0 atom stereocenters. The summed E-state index contributed by atoms with van der Waals surface area (Å²) in [7, 11) is 3.13. The molecule has 0 bridgehead atoms. The van der Waals surface area contributed by atoms with Crippen molar-refractivity contribution in [2.24, 2.45) is 0 Å². The van der Waals surface area contributed by atoms with Gasteiger partial charge in [0.15, 0.2) is 0 Å². The molecule has 1 N–H and O–H groups in total. The fourth-order valence-corrected chi connectivity index (χ4v) is 2.19. The third-order valence-corrected chi connectivity index (χ3v) is 3.42. The summed E-state index contributed by atoms with van der Waals surface area (Å²) in [5.74, 6) is 1.03. The van der Waals surface area contributed by atoms with E-state index in [4.69, 9.17) is 9.47 Å². The molecule has 4 nitrogen and oxygen atoms in total. The molecule has 2 aromatic carbocycles. The van der Waals surface area contributed by atoms with Gasteiger partial charge in [-0.1, -0.05) is 12.1 Å². The van der Waals surface area contributed by atoms with Crippen molar-refractivity contribution in [1.29, 1.82) is 0 Å². The monoisotopic (exact) mass is 335 g/mol. The number of ether oxygens (including phenoxy) is 2. The van der Waals surface area contributed by atoms with Crippen LogP contribution < -0.4 is 14.8 Å². The van der Waals surface area contributed by atoms with Gasteiger partial charge in [-0.25, -0.2) is 0 Å². The third kappa shape index (κ3) is 3.30. The maximum absolute atomic E-state index is 12.2. The zero-order valence-corrected chi connectivity index (χ0v) is 12.7. The van der Waals surface area contributed by atoms with E-state index in [9.17, 15) is 4.79 Å². The van der Waals surface area contributed by atoms with E-state index in [1.807, 2.05) is 18.2 Å². The largest absolute Gasteiger partial charge is 0.497 e. The molecule has 0 aliphatic carbocycles. The van der Waals surface area contributed by atoms with E-state index < -0.39 is 0 Å². The first-order valence-corrected chi connectivity index (χ1v) is 6.72. The maximum Gasteiger partial charge on any atom is 0.256 e. The van der Waals surface area contributed by atoms with Crippen LogP contribution in [0.3, 0.4) is 0 Å². The Morgan fingerprint density at radius 1 is 1.05 bits per heavy atom. The molecule has 104 valence electrons. The number of methoxy groups -OCH3 is 2. The molecule has 20 heavy (non-hydrogen) atoms. The standard InChI is InChI=1S/C15H14BrNO3/c1-19-11-7-10(8-12(9-11)20-2)17-15(18)13-5-3-4-6-14(13)16/h3-9H,1-2H3,(H,17,18). The molecule has 0 heterocycles. The topological polar surface area (TPSA) is 47.6 Å². The normalized spacial score (nSPS) is 9.95. The molecule has 0 unspecified atom stereocenters. The summed E-state index contributed by atoms with van der Waals surface area (Å²) in [6, 6.07) is 12.4. The number of amides is 1. The zero-order valence-electron chi connectivity index (χ0n) is 11.1. The van der Waals surface area contributed by atoms with Crippen molar-refractivity contribution in [3.63, 3.8) is 0 Å². The summed E-state index contributed by atoms with van der Waals surface area (Å²) < 4.78 is 11.1. The summed E-state index contributed by atoms with van der Waals surface area (Å²) in [6.07, 6.45) is 0. The highest BCUT2D eigenvalue weighted by atomic mass is 79.9. The van der Waals surface area contributed by atoms with Crippen LogP contribution >= 0.6 is 15.9 Å². The average Bonchev–Trinajstić information content (AvgIpc) is 2.47. The lowest BCUT2D eigenvalue weighted by Crippen LogP contribution is -2.12. The van der Waals surface area contributed by atoms with Crippen LogP contribution in [0.15, 0.2) is 46.9 Å². The van der Waals surface area contributed by atoms with Crippen LogP contribution in [0, 0.1) is 0 Å². The molecule has 2 aromatic rings. The van der Waals surface area contributed by atoms with Gasteiger partial charge in [0.1, 0.15) is 11.5 Å². The number of halogens is 1. The molecule has 0 saturated heterocycles. The van der Waals surface area contributed by atoms with Gasteiger partial charge in [-0.15, -0.1) is 0 Å². The number of carbonyl (C=O) groups is 1. The van der Waals surface area contributed by atoms with Crippen molar-refractivity contribution in [3.8, 4) is 11.5 Å². The van der Waals surface area contributed by atoms with Gasteiger partial charge in [0.25, 0.3) is 5.91 Å². The summed E-state index contributed by atoms with van der Waals surface area (Å²) in [5.41, 5.74) is 1.18. The van der Waals surface area contributed by atoms with Gasteiger partial charge in [-0.2, -0.15) is 0 Å². The summed E-state index contributed by atoms with van der Waals surface area (Å²) >= 11 is 3.36. The second kappa shape index (κ2) is 6.43. The van der Waals surface area contributed by atoms with E-state index in [0.717, 1.165) is 4.47 Å². The Bertz CT molecular complexity index is 606. The second-order valence-corrected chi connectivity index (χ2v) is 4.89. The molecular weight excluding hydrogens is 322 g/mol. The van der Waals surface area contributed by atoms with Crippen LogP contribution in [0.1, 0.15) is 10.4 Å². The predicted molar refractivity (Wildman–Crippen MR) is 81.6 cm³/mol. The van der Waals surface area contributed by atoms with Gasteiger partial charge in [0.05, 0.1) is 19.8 Å². The van der Waals surface area contributed by atoms with Gasteiger partial charge in [0.2, 0.25) is 0 Å². The fourth-order valence-electron chi connectivity index (χ4n) is 1.72. The average molecular weight is 336 g/mol. The minimum atomic E-state index is -0.201. The minimum absolute atomic E-state index is 0.201. The molecule has 0 aliphatic heterocycles. The lowest BCUT2D eigenvalue weighted by Gasteiger charge is -2.10. The molecule has 2 rings (SSSR count). The SMILES string of the molecule is COc1cc(NC(=O)c2ccccc2Br)cc(OC)c1. The highest BCUT2D eigenvalue weighted by molar-refractivity contribution is 9.10. The van der Waals surface area contributed by atoms with Gasteiger partial charge in [-0.3, -0.25) is 4.79 Å². The Balaban J connectivity index is 2.26. The van der Waals surface area contributed by atoms with Crippen LogP contribution in [-0.4, -0.2) is 20.1 Å². The first-order valence-electron chi connectivity index (χ1n) is 5.93. The Hall–Kier alpha value is -2.01. The molecule has 5 heteroatoms. The van der Waals surface area contributed by atoms with Crippen LogP contribution in [0.4, 0.5) is 5.69 Å². The Morgan fingerprint density at radius 3 is 2.20 bits per heavy atom. The smallest absolute Gasteiger partial charge is 0.256 e. The van der Waals surface area contributed by atoms with E-state index in [0.29, 0.717) is 22.7 Å². The van der Waals surface area contributed by atoms with Gasteiger partial charge in [-0.05, 0) is 28.1 Å². The van der Waals surface area contributed by atoms with Crippen molar-refractivity contribution in [3.05, 3.63) is 52.5 Å². The summed E-state index contributed by atoms with van der Waals surface area (Å²) in [6.45, 7) is 0. The number of hydrogen-bond donors (Lipinski definition) is 1. The van der Waals surface area contributed by atoms with Gasteiger partial charge >= 0.3 is 0 Å². The molecule has 1 amide bonds. The Labute approximate surface area is 125 Å². The zero-order chi connectivity index (χ0) is 14.5. The molecule has 0 aliphatic rings. The number of nitrogens with one attached hydrogen (secondary N) is 1. The molecule has 0 aromatic heterocycles. The number of rotatable bonds is 4. The van der Waals surface area contributed by atoms with Crippen molar-refractivity contribution >= 4 is 27.5 Å². The highest BCUT2D eigenvalue weighted by Gasteiger charge is 2.10. The van der Waals surface area contributed by atoms with Crippen molar-refractivity contribution in [1.82, 2.24) is 0 Å². The van der Waals surface area contributed by atoms with Crippen LogP contribution in [0.25, 0.3) is 0 Å². The third-order valence-electron chi connectivity index (χ3n) is 2.73. The summed E-state index contributed by atoms with van der Waals surface area (Å²) in [5, 5.41) is 2.82. The number of anilines is 1. The quantitative estimate of drug-likeness (QED) is 0.926. The van der Waals surface area contributed by atoms with Crippen molar-refractivity contribution in [2.45, 2.75) is 0 Å². The van der Waals surface area contributed by atoms with Gasteiger partial charge in [0, 0.05) is 28.4 Å². The first-order chi connectivity index (χ1) is 9.63. The first kappa shape index (κ1) is 14.4. The molecule has 0 saturated carbocycles. The number of hydrogen-bond acceptors (Lipinski definition) is 3. The number of carbonyl (C=O) groups excluding carboxylic acids is 1. The minimum Gasteiger partial charge on any atom is -0.497 e. The van der Waals surface area contributed by atoms with Crippen molar-refractivity contribution < 1.29 is 14.3 Å². The maximum atomic E-state index is 12.2. The van der Waals surface area contributed by atoms with Crippen LogP contribution in [0.2, 0.25) is 0 Å². The lowest BCUT2D eigenvalue weighted by atomic mass is 10.2. The van der Waals surface area contributed by atoms with E-state index in [1.54, 1.807) is 38.5 Å². The van der Waals surface area contributed by atoms with E-state index in [1.165, 1.54) is 0 Å². The van der Waals surface area contributed by atoms with Crippen LogP contribution in [0.5, 0.6) is 11.5 Å². The Kier molecular flexibility index (Phi) is 4.63. The summed E-state index contributed by atoms with van der Waals surface area (Å²) in [4.78, 5) is 12.2. The van der Waals surface area contributed by atoms with E-state index in [2.05, 4.69) is 21.2 Å². The Morgan fingerprint density at radius 2 is 1.65 bits per heavy atom. The predicted octanol–water partition coefficient (Wildman–Crippen LogP) is 3.72. The fraction of sp³-hybridized carbons (Fsp3) is 0.133. The lowest BCUT2D eigenvalue weighted by molar-refractivity contribution is 0.102. The molecule has 0 spiro atoms. The van der Waals surface area contributed by atoms with E-state index >= 15 is 0 Å². The van der Waals surface area contributed by atoms with E-state index in [-0.39, 0.29) is 5.91 Å². The van der Waals surface area contributed by atoms with Crippen LogP contribution in [-0.2, 0) is 0 Å². The molecular formula is C15H14BrNO3. The second-order valence-electron chi connectivity index (χ2n) is 4.04. The number of benzene rings is 2. The van der Waals surface area contributed by atoms with Crippen molar-refractivity contribution in [2.75, 3.05) is 19.5 Å².